The number of rotatable bonds is 3. The first-order valence-electron chi connectivity index (χ1n) is 17.9. The van der Waals surface area contributed by atoms with Crippen LogP contribution in [0.4, 0.5) is 0 Å². The maximum Gasteiger partial charge on any atom is 0.235 e. The second-order valence-electron chi connectivity index (χ2n) is 13.7. The van der Waals surface area contributed by atoms with E-state index in [4.69, 9.17) is 9.97 Å². The van der Waals surface area contributed by atoms with Crippen molar-refractivity contribution in [2.24, 2.45) is 0 Å². The quantitative estimate of drug-likeness (QED) is 0.185. The summed E-state index contributed by atoms with van der Waals surface area (Å²) in [5.74, 6) is 0.655. The minimum atomic E-state index is 0.655. The van der Waals surface area contributed by atoms with Crippen LogP contribution >= 0.6 is 11.3 Å². The second kappa shape index (κ2) is 10.8. The zero-order valence-electron chi connectivity index (χ0n) is 28.4. The van der Waals surface area contributed by atoms with Crippen LogP contribution in [0.1, 0.15) is 0 Å². The third kappa shape index (κ3) is 4.00. The van der Waals surface area contributed by atoms with Crippen LogP contribution in [0, 0.1) is 0 Å². The van der Waals surface area contributed by atoms with E-state index in [1.54, 1.807) is 0 Å². The maximum atomic E-state index is 5.44. The van der Waals surface area contributed by atoms with Gasteiger partial charge >= 0.3 is 0 Å². The van der Waals surface area contributed by atoms with E-state index in [1.807, 2.05) is 11.3 Å². The van der Waals surface area contributed by atoms with Gasteiger partial charge in [-0.1, -0.05) is 127 Å². The van der Waals surface area contributed by atoms with E-state index < -0.39 is 0 Å². The third-order valence-corrected chi connectivity index (χ3v) is 12.0. The van der Waals surface area contributed by atoms with Gasteiger partial charge in [-0.25, -0.2) is 9.97 Å². The molecule has 0 aliphatic heterocycles. The number of nitrogens with zero attached hydrogens (tertiary/aromatic N) is 4. The minimum Gasteiger partial charge on any atom is -0.307 e. The Labute approximate surface area is 307 Å². The Bertz CT molecular complexity index is 3450. The first kappa shape index (κ1) is 28.8. The van der Waals surface area contributed by atoms with E-state index in [0.717, 1.165) is 44.4 Å². The second-order valence-corrected chi connectivity index (χ2v) is 14.8. The van der Waals surface area contributed by atoms with Crippen molar-refractivity contribution in [2.45, 2.75) is 0 Å². The molecule has 0 saturated heterocycles. The van der Waals surface area contributed by atoms with Crippen molar-refractivity contribution < 1.29 is 0 Å². The molecule has 0 radical (unpaired) electrons. The van der Waals surface area contributed by atoms with E-state index in [0.29, 0.717) is 5.95 Å². The predicted octanol–water partition coefficient (Wildman–Crippen LogP) is 13.0. The molecule has 8 aromatic carbocycles. The smallest absolute Gasteiger partial charge is 0.235 e. The van der Waals surface area contributed by atoms with Gasteiger partial charge in [-0.2, -0.15) is 0 Å². The van der Waals surface area contributed by atoms with E-state index >= 15 is 0 Å². The molecular formula is C48H28N4S. The van der Waals surface area contributed by atoms with Crippen molar-refractivity contribution >= 4 is 96.8 Å². The molecule has 0 amide bonds. The van der Waals surface area contributed by atoms with Gasteiger partial charge in [0.05, 0.1) is 33.3 Å². The zero-order valence-corrected chi connectivity index (χ0v) is 29.2. The fourth-order valence-corrected chi connectivity index (χ4v) is 9.82. The Morgan fingerprint density at radius 2 is 1.08 bits per heavy atom. The molecule has 0 spiro atoms. The number of fused-ring (bicyclic) bond motifs is 14. The van der Waals surface area contributed by atoms with Crippen LogP contribution in [-0.2, 0) is 0 Å². The Morgan fingerprint density at radius 1 is 0.396 bits per heavy atom. The van der Waals surface area contributed by atoms with Crippen LogP contribution in [0.3, 0.4) is 0 Å². The standard InChI is InChI=1S/C48H28N4S/c1-3-13-30(14-4-1)45-34-18-7-10-20-37(34)49-48(50-45)52-38-21-11-8-17-32(38)33-25-26-36-43-39(51(47(36)46(33)52)31-15-5-2-6-16-31)27-23-29-24-28-41-44(42(29)43)35-19-9-12-22-40(35)53-41/h1-28H. The summed E-state index contributed by atoms with van der Waals surface area (Å²) in [5.41, 5.74) is 8.50. The summed E-state index contributed by atoms with van der Waals surface area (Å²) in [4.78, 5) is 10.8. The van der Waals surface area contributed by atoms with Crippen LogP contribution < -0.4 is 0 Å². The average Bonchev–Trinajstić information content (AvgIpc) is 3.89. The van der Waals surface area contributed by atoms with Crippen molar-refractivity contribution in [2.75, 3.05) is 0 Å². The highest BCUT2D eigenvalue weighted by atomic mass is 32.1. The highest BCUT2D eigenvalue weighted by molar-refractivity contribution is 7.26. The molecule has 0 unspecified atom stereocenters. The lowest BCUT2D eigenvalue weighted by Gasteiger charge is -2.13. The van der Waals surface area contributed by atoms with Crippen molar-refractivity contribution in [3.63, 3.8) is 0 Å². The lowest BCUT2D eigenvalue weighted by molar-refractivity contribution is 1.01. The van der Waals surface area contributed by atoms with E-state index in [2.05, 4.69) is 179 Å². The van der Waals surface area contributed by atoms with Crippen molar-refractivity contribution in [3.8, 4) is 22.9 Å². The van der Waals surface area contributed by atoms with Crippen LogP contribution in [0.15, 0.2) is 170 Å². The van der Waals surface area contributed by atoms with Crippen LogP contribution in [0.5, 0.6) is 0 Å². The van der Waals surface area contributed by atoms with Crippen molar-refractivity contribution in [3.05, 3.63) is 170 Å². The number of hydrogen-bond acceptors (Lipinski definition) is 3. The fourth-order valence-electron chi connectivity index (χ4n) is 8.70. The molecule has 0 aliphatic rings. The van der Waals surface area contributed by atoms with Gasteiger partial charge in [0.25, 0.3) is 0 Å². The molecule has 0 fully saturated rings. The van der Waals surface area contributed by atoms with Crippen LogP contribution in [0.2, 0.25) is 0 Å². The highest BCUT2D eigenvalue weighted by Gasteiger charge is 2.25. The topological polar surface area (TPSA) is 35.6 Å². The summed E-state index contributed by atoms with van der Waals surface area (Å²) in [6.45, 7) is 0. The summed E-state index contributed by atoms with van der Waals surface area (Å²) in [6, 6.07) is 61.0. The molecule has 53 heavy (non-hydrogen) atoms. The molecule has 12 aromatic rings. The number of benzene rings is 8. The summed E-state index contributed by atoms with van der Waals surface area (Å²) >= 11 is 1.87. The molecule has 12 rings (SSSR count). The number of hydrogen-bond donors (Lipinski definition) is 0. The molecule has 4 aromatic heterocycles. The summed E-state index contributed by atoms with van der Waals surface area (Å²) < 4.78 is 7.39. The third-order valence-electron chi connectivity index (χ3n) is 10.9. The molecule has 0 bridgehead atoms. The molecule has 246 valence electrons. The summed E-state index contributed by atoms with van der Waals surface area (Å²) in [7, 11) is 0. The van der Waals surface area contributed by atoms with Gasteiger partial charge in [0.2, 0.25) is 5.95 Å². The van der Waals surface area contributed by atoms with Crippen molar-refractivity contribution in [1.29, 1.82) is 0 Å². The molecule has 5 heteroatoms. The maximum absolute atomic E-state index is 5.44. The normalized spacial score (nSPS) is 12.2. The van der Waals surface area contributed by atoms with Gasteiger partial charge in [-0.15, -0.1) is 11.3 Å². The Balaban J connectivity index is 1.33. The monoisotopic (exact) mass is 692 g/mol. The zero-order chi connectivity index (χ0) is 34.6. The van der Waals surface area contributed by atoms with Gasteiger partial charge in [-0.3, -0.25) is 4.57 Å². The molecule has 0 atom stereocenters. The van der Waals surface area contributed by atoms with E-state index in [-0.39, 0.29) is 0 Å². The van der Waals surface area contributed by atoms with Gasteiger partial charge in [-0.05, 0) is 47.9 Å². The van der Waals surface area contributed by atoms with Gasteiger partial charge < -0.3 is 4.57 Å². The Kier molecular flexibility index (Phi) is 5.90. The van der Waals surface area contributed by atoms with Gasteiger partial charge in [0, 0.05) is 63.7 Å². The Morgan fingerprint density at radius 3 is 1.94 bits per heavy atom. The highest BCUT2D eigenvalue weighted by Crippen LogP contribution is 2.47. The number of para-hydroxylation sites is 3. The molecule has 0 saturated carbocycles. The number of aromatic nitrogens is 4. The van der Waals surface area contributed by atoms with Gasteiger partial charge in [0.15, 0.2) is 0 Å². The van der Waals surface area contributed by atoms with Crippen LogP contribution in [-0.4, -0.2) is 19.1 Å². The van der Waals surface area contributed by atoms with Crippen molar-refractivity contribution in [1.82, 2.24) is 19.1 Å². The summed E-state index contributed by atoms with van der Waals surface area (Å²) in [5, 5.41) is 11.0. The Hall–Kier alpha value is -6.82. The predicted molar refractivity (Wildman–Crippen MR) is 224 cm³/mol. The molecular weight excluding hydrogens is 665 g/mol. The lowest BCUT2D eigenvalue weighted by atomic mass is 9.98. The molecule has 4 nitrogen and oxygen atoms in total. The van der Waals surface area contributed by atoms with Crippen LogP contribution in [0.25, 0.3) is 108 Å². The number of thiophene rings is 1. The largest absolute Gasteiger partial charge is 0.307 e. The molecule has 0 aliphatic carbocycles. The van der Waals surface area contributed by atoms with E-state index in [1.165, 1.54) is 58.0 Å². The molecule has 0 N–H and O–H groups in total. The fraction of sp³-hybridized carbons (Fsp3) is 0. The summed E-state index contributed by atoms with van der Waals surface area (Å²) in [6.07, 6.45) is 0. The lowest BCUT2D eigenvalue weighted by Crippen LogP contribution is -2.04. The first-order chi connectivity index (χ1) is 26.3. The van der Waals surface area contributed by atoms with E-state index in [9.17, 15) is 0 Å². The first-order valence-corrected chi connectivity index (χ1v) is 18.7. The minimum absolute atomic E-state index is 0.655. The molecule has 4 heterocycles. The SMILES string of the molecule is c1ccc(-c2nc(-n3c4ccccc4c4ccc5c6c7c(ccc8sc9ccccc9c87)ccc6n(-c6ccccc6)c5c43)nc3ccccc23)cc1. The average molecular weight is 693 g/mol. The van der Waals surface area contributed by atoms with Gasteiger partial charge in [0.1, 0.15) is 0 Å².